The topological polar surface area (TPSA) is 15.3 Å². The summed E-state index contributed by atoms with van der Waals surface area (Å²) in [5.74, 6) is 1.80. The molecule has 0 radical (unpaired) electrons. The molecule has 0 aromatic heterocycles. The van der Waals surface area contributed by atoms with Crippen LogP contribution in [0.25, 0.3) is 0 Å². The maximum absolute atomic E-state index is 5.46. The Labute approximate surface area is 105 Å². The largest absolute Gasteiger partial charge is 0.360 e. The molecule has 0 amide bonds. The fourth-order valence-corrected chi connectivity index (χ4v) is 2.86. The first kappa shape index (κ1) is 12.2. The summed E-state index contributed by atoms with van der Waals surface area (Å²) in [6.07, 6.45) is 8.12. The summed E-state index contributed by atoms with van der Waals surface area (Å²) in [5.41, 5.74) is 0. The highest BCUT2D eigenvalue weighted by atomic mass is 32.1. The molecule has 2 rings (SSSR count). The van der Waals surface area contributed by atoms with E-state index < -0.39 is 0 Å². The second kappa shape index (κ2) is 5.35. The summed E-state index contributed by atoms with van der Waals surface area (Å²) in [5, 5.41) is 4.49. The quantitative estimate of drug-likeness (QED) is 0.764. The minimum atomic E-state index is 0.639. The van der Waals surface area contributed by atoms with Crippen LogP contribution in [0, 0.1) is 11.8 Å². The van der Waals surface area contributed by atoms with E-state index in [0.29, 0.717) is 6.04 Å². The molecule has 0 aromatic carbocycles. The third kappa shape index (κ3) is 3.34. The van der Waals surface area contributed by atoms with Crippen molar-refractivity contribution in [1.29, 1.82) is 0 Å². The van der Waals surface area contributed by atoms with Crippen molar-refractivity contribution in [2.75, 3.05) is 13.6 Å². The molecule has 2 fully saturated rings. The summed E-state index contributed by atoms with van der Waals surface area (Å²) >= 11 is 5.46. The van der Waals surface area contributed by atoms with Crippen molar-refractivity contribution < 1.29 is 0 Å². The number of thiocarbonyl (C=S) groups is 1. The minimum Gasteiger partial charge on any atom is -0.360 e. The number of nitrogens with one attached hydrogen (secondary N) is 1. The second-order valence-electron chi connectivity index (χ2n) is 5.64. The molecule has 2 atom stereocenters. The van der Waals surface area contributed by atoms with E-state index >= 15 is 0 Å². The molecule has 0 bridgehead atoms. The molecule has 0 heterocycles. The van der Waals surface area contributed by atoms with Crippen LogP contribution in [0.15, 0.2) is 0 Å². The fourth-order valence-electron chi connectivity index (χ4n) is 2.62. The van der Waals surface area contributed by atoms with Crippen molar-refractivity contribution in [3.05, 3.63) is 0 Å². The maximum atomic E-state index is 5.46. The van der Waals surface area contributed by atoms with Crippen LogP contribution in [0.3, 0.4) is 0 Å². The Morgan fingerprint density at radius 3 is 2.50 bits per heavy atom. The number of nitrogens with zero attached hydrogens (tertiary/aromatic N) is 1. The van der Waals surface area contributed by atoms with E-state index in [-0.39, 0.29) is 0 Å². The summed E-state index contributed by atoms with van der Waals surface area (Å²) in [7, 11) is 2.13. The number of hydrogen-bond acceptors (Lipinski definition) is 1. The first-order valence-corrected chi connectivity index (χ1v) is 7.09. The lowest BCUT2D eigenvalue weighted by molar-refractivity contribution is 0.387. The zero-order chi connectivity index (χ0) is 11.5. The highest BCUT2D eigenvalue weighted by Gasteiger charge is 2.33. The molecule has 0 aromatic rings. The highest BCUT2D eigenvalue weighted by molar-refractivity contribution is 7.80. The van der Waals surface area contributed by atoms with E-state index in [1.54, 1.807) is 0 Å². The van der Waals surface area contributed by atoms with Crippen LogP contribution in [0.5, 0.6) is 0 Å². The third-order valence-electron chi connectivity index (χ3n) is 4.06. The average Bonchev–Trinajstić information content (AvgIpc) is 2.95. The molecule has 92 valence electrons. The SMILES string of the molecule is CC1CC1CN(C)C(=S)NC1CCCCC1. The predicted octanol–water partition coefficient (Wildman–Crippen LogP) is 2.78. The van der Waals surface area contributed by atoms with Gasteiger partial charge in [-0.15, -0.1) is 0 Å². The molecule has 16 heavy (non-hydrogen) atoms. The van der Waals surface area contributed by atoms with Gasteiger partial charge in [-0.3, -0.25) is 0 Å². The van der Waals surface area contributed by atoms with Gasteiger partial charge in [0.05, 0.1) is 0 Å². The lowest BCUT2D eigenvalue weighted by Crippen LogP contribution is -2.44. The Morgan fingerprint density at radius 1 is 1.31 bits per heavy atom. The standard InChI is InChI=1S/C13H24N2S/c1-10-8-11(10)9-15(2)13(16)14-12-6-4-3-5-7-12/h10-12H,3-9H2,1-2H3,(H,14,16). The molecule has 0 aliphatic heterocycles. The summed E-state index contributed by atoms with van der Waals surface area (Å²) < 4.78 is 0. The van der Waals surface area contributed by atoms with Crippen molar-refractivity contribution in [3.63, 3.8) is 0 Å². The summed E-state index contributed by atoms with van der Waals surface area (Å²) in [6, 6.07) is 0.639. The van der Waals surface area contributed by atoms with E-state index in [1.165, 1.54) is 38.5 Å². The van der Waals surface area contributed by atoms with Gasteiger partial charge in [0.2, 0.25) is 0 Å². The first-order valence-electron chi connectivity index (χ1n) is 6.68. The van der Waals surface area contributed by atoms with E-state index in [0.717, 1.165) is 23.5 Å². The second-order valence-corrected chi connectivity index (χ2v) is 6.02. The monoisotopic (exact) mass is 240 g/mol. The Bertz CT molecular complexity index is 248. The van der Waals surface area contributed by atoms with Crippen LogP contribution in [0.1, 0.15) is 45.4 Å². The van der Waals surface area contributed by atoms with Crippen molar-refractivity contribution in [3.8, 4) is 0 Å². The molecular formula is C13H24N2S. The van der Waals surface area contributed by atoms with Crippen molar-refractivity contribution in [2.24, 2.45) is 11.8 Å². The third-order valence-corrected chi connectivity index (χ3v) is 4.49. The predicted molar refractivity (Wildman–Crippen MR) is 72.5 cm³/mol. The molecule has 2 aliphatic carbocycles. The number of hydrogen-bond donors (Lipinski definition) is 1. The molecule has 2 aliphatic rings. The normalized spacial score (nSPS) is 29.9. The van der Waals surface area contributed by atoms with Gasteiger partial charge in [0.1, 0.15) is 0 Å². The van der Waals surface area contributed by atoms with E-state index in [1.807, 2.05) is 0 Å². The molecular weight excluding hydrogens is 216 g/mol. The van der Waals surface area contributed by atoms with Crippen LogP contribution >= 0.6 is 12.2 Å². The summed E-state index contributed by atoms with van der Waals surface area (Å²) in [6.45, 7) is 3.47. The van der Waals surface area contributed by atoms with Crippen molar-refractivity contribution in [1.82, 2.24) is 10.2 Å². The van der Waals surface area contributed by atoms with E-state index in [2.05, 4.69) is 24.2 Å². The van der Waals surface area contributed by atoms with Gasteiger partial charge in [-0.25, -0.2) is 0 Å². The Hall–Kier alpha value is -0.310. The molecule has 0 saturated heterocycles. The minimum absolute atomic E-state index is 0.639. The van der Waals surface area contributed by atoms with Crippen molar-refractivity contribution in [2.45, 2.75) is 51.5 Å². The van der Waals surface area contributed by atoms with Gasteiger partial charge in [-0.2, -0.15) is 0 Å². The average molecular weight is 240 g/mol. The van der Waals surface area contributed by atoms with Gasteiger partial charge in [-0.1, -0.05) is 26.2 Å². The smallest absolute Gasteiger partial charge is 0.168 e. The molecule has 3 heteroatoms. The van der Waals surface area contributed by atoms with Crippen LogP contribution < -0.4 is 5.32 Å². The van der Waals surface area contributed by atoms with Crippen LogP contribution in [0.2, 0.25) is 0 Å². The zero-order valence-corrected chi connectivity index (χ0v) is 11.4. The zero-order valence-electron chi connectivity index (χ0n) is 10.5. The van der Waals surface area contributed by atoms with Crippen LogP contribution in [-0.4, -0.2) is 29.6 Å². The molecule has 2 nitrogen and oxygen atoms in total. The van der Waals surface area contributed by atoms with E-state index in [9.17, 15) is 0 Å². The van der Waals surface area contributed by atoms with E-state index in [4.69, 9.17) is 12.2 Å². The molecule has 2 unspecified atom stereocenters. The molecule has 0 spiro atoms. The van der Waals surface area contributed by atoms with Gasteiger partial charge in [0, 0.05) is 19.6 Å². The van der Waals surface area contributed by atoms with Gasteiger partial charge >= 0.3 is 0 Å². The Balaban J connectivity index is 1.69. The Kier molecular flexibility index (Phi) is 4.06. The molecule has 1 N–H and O–H groups in total. The highest BCUT2D eigenvalue weighted by Crippen LogP contribution is 2.37. The molecule has 2 saturated carbocycles. The van der Waals surface area contributed by atoms with Crippen LogP contribution in [0.4, 0.5) is 0 Å². The lowest BCUT2D eigenvalue weighted by Gasteiger charge is -2.28. The van der Waals surface area contributed by atoms with Gasteiger partial charge in [0.15, 0.2) is 5.11 Å². The first-order chi connectivity index (χ1) is 7.66. The van der Waals surface area contributed by atoms with Gasteiger partial charge < -0.3 is 10.2 Å². The number of rotatable bonds is 3. The maximum Gasteiger partial charge on any atom is 0.168 e. The van der Waals surface area contributed by atoms with Gasteiger partial charge in [0.25, 0.3) is 0 Å². The van der Waals surface area contributed by atoms with Gasteiger partial charge in [-0.05, 0) is 43.3 Å². The summed E-state index contributed by atoms with van der Waals surface area (Å²) in [4.78, 5) is 2.23. The fraction of sp³-hybridized carbons (Fsp3) is 0.923. The Morgan fingerprint density at radius 2 is 1.94 bits per heavy atom. The lowest BCUT2D eigenvalue weighted by atomic mass is 9.96. The van der Waals surface area contributed by atoms with Crippen molar-refractivity contribution >= 4 is 17.3 Å². The van der Waals surface area contributed by atoms with Crippen LogP contribution in [-0.2, 0) is 0 Å².